The van der Waals surface area contributed by atoms with Gasteiger partial charge in [-0.1, -0.05) is 35.3 Å². The average Bonchev–Trinajstić information content (AvgIpc) is 2.70. The molecule has 1 aliphatic rings. The number of halogens is 2. The van der Waals surface area contributed by atoms with E-state index in [-0.39, 0.29) is 11.8 Å². The zero-order chi connectivity index (χ0) is 20.3. The Hall–Kier alpha value is -2.31. The summed E-state index contributed by atoms with van der Waals surface area (Å²) in [6.45, 7) is 2.83. The van der Waals surface area contributed by atoms with Crippen LogP contribution in [0.1, 0.15) is 19.8 Å². The lowest BCUT2D eigenvalue weighted by Gasteiger charge is -2.32. The summed E-state index contributed by atoms with van der Waals surface area (Å²) in [6, 6.07) is 8.49. The van der Waals surface area contributed by atoms with Crippen LogP contribution in [0.4, 0.5) is 5.82 Å². The standard InChI is InChI=1S/C20H21Cl2N3O3/c1-12(20(27)28)24-19(26)13-7-9-25(10-8-13)17-6-5-14(11-23-17)15-3-2-4-16(21)18(15)22/h2-6,11-13H,7-10H2,1H3,(H,24,26)(H,27,28)/t12-/m0/s1. The van der Waals surface area contributed by atoms with Crippen molar-refractivity contribution in [3.63, 3.8) is 0 Å². The molecule has 1 aromatic carbocycles. The lowest BCUT2D eigenvalue weighted by atomic mass is 9.95. The highest BCUT2D eigenvalue weighted by molar-refractivity contribution is 6.43. The molecule has 1 fully saturated rings. The van der Waals surface area contributed by atoms with Crippen LogP contribution < -0.4 is 10.2 Å². The predicted molar refractivity (Wildman–Crippen MR) is 110 cm³/mol. The van der Waals surface area contributed by atoms with Gasteiger partial charge in [0.05, 0.1) is 10.0 Å². The van der Waals surface area contributed by atoms with Crippen LogP contribution in [0.3, 0.4) is 0 Å². The molecule has 1 saturated heterocycles. The van der Waals surface area contributed by atoms with Gasteiger partial charge in [0.15, 0.2) is 0 Å². The Morgan fingerprint density at radius 1 is 1.21 bits per heavy atom. The maximum atomic E-state index is 12.2. The Morgan fingerprint density at radius 3 is 2.54 bits per heavy atom. The molecule has 1 aromatic heterocycles. The average molecular weight is 422 g/mol. The molecular weight excluding hydrogens is 401 g/mol. The molecule has 1 aliphatic heterocycles. The van der Waals surface area contributed by atoms with E-state index >= 15 is 0 Å². The quantitative estimate of drug-likeness (QED) is 0.765. The molecule has 0 unspecified atom stereocenters. The van der Waals surface area contributed by atoms with Crippen molar-refractivity contribution >= 4 is 40.9 Å². The van der Waals surface area contributed by atoms with E-state index in [1.807, 2.05) is 24.3 Å². The number of benzene rings is 1. The second-order valence-corrected chi connectivity index (χ2v) is 7.62. The van der Waals surface area contributed by atoms with Crippen LogP contribution in [0.2, 0.25) is 10.0 Å². The molecular formula is C20H21Cl2N3O3. The van der Waals surface area contributed by atoms with E-state index in [4.69, 9.17) is 28.3 Å². The Bertz CT molecular complexity index is 865. The van der Waals surface area contributed by atoms with Crippen molar-refractivity contribution < 1.29 is 14.7 Å². The van der Waals surface area contributed by atoms with Gasteiger partial charge in [0.2, 0.25) is 5.91 Å². The fourth-order valence-corrected chi connectivity index (χ4v) is 3.63. The van der Waals surface area contributed by atoms with E-state index in [1.165, 1.54) is 6.92 Å². The van der Waals surface area contributed by atoms with Gasteiger partial charge in [-0.15, -0.1) is 0 Å². The number of hydrogen-bond acceptors (Lipinski definition) is 4. The monoisotopic (exact) mass is 421 g/mol. The van der Waals surface area contributed by atoms with Crippen molar-refractivity contribution in [3.8, 4) is 11.1 Å². The topological polar surface area (TPSA) is 82.5 Å². The van der Waals surface area contributed by atoms with E-state index < -0.39 is 12.0 Å². The maximum absolute atomic E-state index is 12.2. The zero-order valence-corrected chi connectivity index (χ0v) is 16.9. The molecule has 3 rings (SSSR count). The third-order valence-electron chi connectivity index (χ3n) is 4.93. The number of carbonyl (C=O) groups excluding carboxylic acids is 1. The van der Waals surface area contributed by atoms with Crippen molar-refractivity contribution in [2.75, 3.05) is 18.0 Å². The highest BCUT2D eigenvalue weighted by Crippen LogP contribution is 2.33. The van der Waals surface area contributed by atoms with Crippen LogP contribution in [0.15, 0.2) is 36.5 Å². The highest BCUT2D eigenvalue weighted by atomic mass is 35.5. The Balaban J connectivity index is 1.61. The van der Waals surface area contributed by atoms with Crippen molar-refractivity contribution in [3.05, 3.63) is 46.6 Å². The molecule has 28 heavy (non-hydrogen) atoms. The third-order valence-corrected chi connectivity index (χ3v) is 5.75. The SMILES string of the molecule is C[C@H](NC(=O)C1CCN(c2ccc(-c3cccc(Cl)c3Cl)cn2)CC1)C(=O)O. The minimum Gasteiger partial charge on any atom is -0.480 e. The van der Waals surface area contributed by atoms with E-state index in [0.29, 0.717) is 36.0 Å². The second kappa shape index (κ2) is 8.80. The van der Waals surface area contributed by atoms with Gasteiger partial charge in [0.1, 0.15) is 11.9 Å². The number of rotatable bonds is 5. The van der Waals surface area contributed by atoms with E-state index in [2.05, 4.69) is 15.2 Å². The van der Waals surface area contributed by atoms with Gasteiger partial charge in [-0.2, -0.15) is 0 Å². The number of aromatic nitrogens is 1. The number of nitrogens with zero attached hydrogens (tertiary/aromatic N) is 2. The fraction of sp³-hybridized carbons (Fsp3) is 0.350. The summed E-state index contributed by atoms with van der Waals surface area (Å²) in [7, 11) is 0. The Kier molecular flexibility index (Phi) is 6.42. The normalized spacial score (nSPS) is 15.9. The van der Waals surface area contributed by atoms with Gasteiger partial charge in [-0.3, -0.25) is 9.59 Å². The van der Waals surface area contributed by atoms with Crippen molar-refractivity contribution in [1.29, 1.82) is 0 Å². The van der Waals surface area contributed by atoms with Gasteiger partial charge in [0, 0.05) is 36.3 Å². The van der Waals surface area contributed by atoms with E-state index in [0.717, 1.165) is 16.9 Å². The largest absolute Gasteiger partial charge is 0.480 e. The molecule has 148 valence electrons. The van der Waals surface area contributed by atoms with Crippen molar-refractivity contribution in [2.45, 2.75) is 25.8 Å². The molecule has 0 aliphatic carbocycles. The Labute approximate surface area is 173 Å². The van der Waals surface area contributed by atoms with Gasteiger partial charge < -0.3 is 15.3 Å². The molecule has 2 aromatic rings. The first-order valence-electron chi connectivity index (χ1n) is 9.05. The number of hydrogen-bond donors (Lipinski definition) is 2. The lowest BCUT2D eigenvalue weighted by molar-refractivity contribution is -0.142. The first-order valence-corrected chi connectivity index (χ1v) is 9.81. The third kappa shape index (κ3) is 4.56. The molecule has 0 spiro atoms. The summed E-state index contributed by atoms with van der Waals surface area (Å²) in [5.74, 6) is -0.578. The Morgan fingerprint density at radius 2 is 1.93 bits per heavy atom. The molecule has 0 bridgehead atoms. The zero-order valence-electron chi connectivity index (χ0n) is 15.4. The molecule has 1 amide bonds. The van der Waals surface area contributed by atoms with Crippen LogP contribution >= 0.6 is 23.2 Å². The minimum absolute atomic E-state index is 0.178. The number of carboxylic acids is 1. The maximum Gasteiger partial charge on any atom is 0.325 e. The lowest BCUT2D eigenvalue weighted by Crippen LogP contribution is -2.45. The molecule has 6 nitrogen and oxygen atoms in total. The number of pyridine rings is 1. The van der Waals surface area contributed by atoms with Crippen LogP contribution in [-0.4, -0.2) is 41.1 Å². The second-order valence-electron chi connectivity index (χ2n) is 6.84. The number of carboxylic acid groups (broad SMARTS) is 1. The van der Waals surface area contributed by atoms with E-state index in [1.54, 1.807) is 12.3 Å². The molecule has 8 heteroatoms. The first-order chi connectivity index (χ1) is 13.4. The van der Waals surface area contributed by atoms with E-state index in [9.17, 15) is 9.59 Å². The van der Waals surface area contributed by atoms with Crippen LogP contribution in [-0.2, 0) is 9.59 Å². The molecule has 0 saturated carbocycles. The number of nitrogens with one attached hydrogen (secondary N) is 1. The number of carbonyl (C=O) groups is 2. The molecule has 2 N–H and O–H groups in total. The molecule has 0 radical (unpaired) electrons. The first kappa shape index (κ1) is 20.4. The highest BCUT2D eigenvalue weighted by Gasteiger charge is 2.27. The van der Waals surface area contributed by atoms with Gasteiger partial charge in [0.25, 0.3) is 0 Å². The van der Waals surface area contributed by atoms with Crippen LogP contribution in [0.25, 0.3) is 11.1 Å². The summed E-state index contributed by atoms with van der Waals surface area (Å²) >= 11 is 12.4. The number of anilines is 1. The number of amides is 1. The smallest absolute Gasteiger partial charge is 0.325 e. The number of piperidine rings is 1. The summed E-state index contributed by atoms with van der Waals surface area (Å²) in [4.78, 5) is 29.7. The van der Waals surface area contributed by atoms with Crippen molar-refractivity contribution in [1.82, 2.24) is 10.3 Å². The van der Waals surface area contributed by atoms with Crippen LogP contribution in [0.5, 0.6) is 0 Å². The van der Waals surface area contributed by atoms with Gasteiger partial charge in [-0.05, 0) is 38.0 Å². The minimum atomic E-state index is -1.03. The summed E-state index contributed by atoms with van der Waals surface area (Å²) in [5.41, 5.74) is 1.71. The van der Waals surface area contributed by atoms with Crippen molar-refractivity contribution in [2.24, 2.45) is 5.92 Å². The summed E-state index contributed by atoms with van der Waals surface area (Å²) in [6.07, 6.45) is 3.07. The van der Waals surface area contributed by atoms with Gasteiger partial charge in [-0.25, -0.2) is 4.98 Å². The van der Waals surface area contributed by atoms with Gasteiger partial charge >= 0.3 is 5.97 Å². The molecule has 1 atom stereocenters. The summed E-state index contributed by atoms with van der Waals surface area (Å²) in [5, 5.41) is 12.5. The summed E-state index contributed by atoms with van der Waals surface area (Å²) < 4.78 is 0. The number of aliphatic carboxylic acids is 1. The fourth-order valence-electron chi connectivity index (χ4n) is 3.22. The predicted octanol–water partition coefficient (Wildman–Crippen LogP) is 3.86. The van der Waals surface area contributed by atoms with Crippen LogP contribution in [0, 0.1) is 5.92 Å². The molecule has 2 heterocycles.